The summed E-state index contributed by atoms with van der Waals surface area (Å²) in [4.78, 5) is 93.3. The summed E-state index contributed by atoms with van der Waals surface area (Å²) in [5.41, 5.74) is -5.15. The van der Waals surface area contributed by atoms with E-state index in [1.54, 1.807) is 34.6 Å². The Hall–Kier alpha value is -5.60. The minimum Gasteiger partial charge on any atom is -0.511 e. The van der Waals surface area contributed by atoms with Gasteiger partial charge in [-0.2, -0.15) is 0 Å². The van der Waals surface area contributed by atoms with Crippen LogP contribution in [0.25, 0.3) is 0 Å². The number of aliphatic hydroxyl groups is 4. The normalized spacial score (nSPS) is 45.8. The second kappa shape index (κ2) is 29.9. The molecule has 6 heterocycles. The average Bonchev–Trinajstić information content (AvgIpc) is 1.68. The number of ether oxygens (including phenoxy) is 14. The number of carbonyl (C=O) groups is 6. The van der Waals surface area contributed by atoms with Crippen LogP contribution in [0.4, 0.5) is 4.79 Å². The van der Waals surface area contributed by atoms with Crippen LogP contribution in [-0.2, 0) is 90.3 Å². The minimum atomic E-state index is -2.24. The van der Waals surface area contributed by atoms with Gasteiger partial charge >= 0.3 is 24.0 Å². The molecule has 10 rings (SSSR count). The number of carbonyl (C=O) groups excluding carboxylic acids is 6. The zero-order valence-electron chi connectivity index (χ0n) is 57.5. The summed E-state index contributed by atoms with van der Waals surface area (Å²) in [5, 5.41) is 62.2. The number of amides is 1. The fourth-order valence-corrected chi connectivity index (χ4v) is 17.1. The molecule has 1 amide bonds. The zero-order valence-corrected chi connectivity index (χ0v) is 57.5. The van der Waals surface area contributed by atoms with E-state index in [0.29, 0.717) is 49.5 Å². The topological polar surface area (TPSA) is 368 Å². The molecule has 97 heavy (non-hydrogen) atoms. The highest BCUT2D eigenvalue weighted by Crippen LogP contribution is 2.61. The van der Waals surface area contributed by atoms with Crippen LogP contribution in [0.2, 0.25) is 0 Å². The summed E-state index contributed by atoms with van der Waals surface area (Å²) in [6.07, 6.45) is -6.61. The summed E-state index contributed by atoms with van der Waals surface area (Å²) < 4.78 is 87.2. The molecule has 0 aromatic carbocycles. The van der Waals surface area contributed by atoms with Crippen molar-refractivity contribution in [1.82, 2.24) is 5.32 Å². The van der Waals surface area contributed by atoms with Gasteiger partial charge in [0.15, 0.2) is 43.2 Å². The van der Waals surface area contributed by atoms with Crippen molar-refractivity contribution in [3.63, 3.8) is 0 Å². The molecule has 6 aliphatic heterocycles. The molecular formula is C69H98N2O26. The maximum Gasteiger partial charge on any atom is 0.407 e. The number of aldehydes is 1. The number of hydrogen-bond acceptors (Lipinski definition) is 26. The van der Waals surface area contributed by atoms with Gasteiger partial charge in [-0.1, -0.05) is 50.6 Å². The molecule has 0 radical (unpaired) electrons. The van der Waals surface area contributed by atoms with Gasteiger partial charge in [0.25, 0.3) is 0 Å². The van der Waals surface area contributed by atoms with Gasteiger partial charge in [0.2, 0.25) is 11.3 Å². The Labute approximate surface area is 564 Å². The van der Waals surface area contributed by atoms with Crippen LogP contribution in [-0.4, -0.2) is 209 Å². The molecule has 0 aromatic rings. The molecule has 6 saturated heterocycles. The number of Topliss-reactive ketones (excluding diaryl/α,β-unsaturated/α-hetero) is 1. The van der Waals surface area contributed by atoms with E-state index >= 15 is 4.79 Å². The quantitative estimate of drug-likeness (QED) is 0.0228. The lowest BCUT2D eigenvalue weighted by molar-refractivity contribution is -0.584. The van der Waals surface area contributed by atoms with E-state index in [-0.39, 0.29) is 49.7 Å². The Balaban J connectivity index is 0.931. The third-order valence-electron chi connectivity index (χ3n) is 22.0. The second-order valence-corrected chi connectivity index (χ2v) is 28.8. The number of rotatable bonds is 16. The Kier molecular flexibility index (Phi) is 22.9. The van der Waals surface area contributed by atoms with Crippen molar-refractivity contribution in [2.45, 2.75) is 281 Å². The van der Waals surface area contributed by atoms with Crippen molar-refractivity contribution in [2.24, 2.45) is 40.9 Å². The third kappa shape index (κ3) is 15.1. The Morgan fingerprint density at radius 2 is 1.39 bits per heavy atom. The second-order valence-electron chi connectivity index (χ2n) is 28.8. The number of methoxy groups -OCH3 is 1. The van der Waals surface area contributed by atoms with E-state index in [1.165, 1.54) is 32.9 Å². The molecule has 1 saturated carbocycles. The van der Waals surface area contributed by atoms with Crippen LogP contribution in [0.5, 0.6) is 0 Å². The summed E-state index contributed by atoms with van der Waals surface area (Å²) in [6.45, 7) is 19.8. The largest absolute Gasteiger partial charge is 0.511 e. The lowest BCUT2D eigenvalue weighted by atomic mass is 9.49. The highest BCUT2D eigenvalue weighted by Gasteiger charge is 2.65. The van der Waals surface area contributed by atoms with E-state index in [2.05, 4.69) is 5.32 Å². The van der Waals surface area contributed by atoms with Crippen molar-refractivity contribution in [3.8, 4) is 0 Å². The molecule has 0 unspecified atom stereocenters. The first kappa shape index (κ1) is 74.1. The van der Waals surface area contributed by atoms with Crippen LogP contribution in [0.1, 0.15) is 147 Å². The number of hydrogen-bond donors (Lipinski definition) is 5. The van der Waals surface area contributed by atoms with Crippen LogP contribution in [0, 0.1) is 51.0 Å². The van der Waals surface area contributed by atoms with E-state index in [4.69, 9.17) is 66.3 Å². The SMILES string of the molecule is COC(=O)N[C@H]1[C@@H](C)O[C@@H](O[C@H]2C/C=C(\C)[C@@H]3C=C[C@@H]4[C@@H](O[C@H]5C[C@@H](O[C@H]6CC[C@@H](O[C@@H]7C[C@@H](O)[C@@H](O[C@H]8CC[C@@H](O)[C@H](C)O8)[C@H](C)O7)[C@H](C)O6)[C@@H](OC(C)=O)[C@H](COC(C)=O)O5)[C@@H](C)C[C@H](C)[C@H]4[C@]3(C)C(O)=C3C(=O)O[C@]4(CC(C=O)=C[C@H](O)[C@H]4/C=C/2C)C3=O)C[C@]1(C)[N+](=O)[O-]. The molecule has 28 heteroatoms. The number of alkyl carbamates (subject to hydrolysis) is 1. The van der Waals surface area contributed by atoms with Gasteiger partial charge in [0, 0.05) is 75.0 Å². The van der Waals surface area contributed by atoms with Crippen molar-refractivity contribution in [2.75, 3.05) is 13.7 Å². The number of aliphatic hydroxyl groups excluding tert-OH is 4. The predicted octanol–water partition coefficient (Wildman–Crippen LogP) is 5.90. The molecule has 4 aliphatic carbocycles. The minimum absolute atomic E-state index is 0.0235. The molecule has 28 nitrogen and oxygen atoms in total. The first-order chi connectivity index (χ1) is 45.8. The van der Waals surface area contributed by atoms with E-state index < -0.39 is 216 Å². The van der Waals surface area contributed by atoms with E-state index in [1.807, 2.05) is 45.9 Å². The molecule has 0 aromatic heterocycles. The number of fused-ring (bicyclic) bond motifs is 4. The van der Waals surface area contributed by atoms with Gasteiger partial charge in [-0.15, -0.1) is 0 Å². The van der Waals surface area contributed by atoms with Gasteiger partial charge in [-0.25, -0.2) is 9.59 Å². The smallest absolute Gasteiger partial charge is 0.407 e. The maximum absolute atomic E-state index is 15.6. The first-order valence-corrected chi connectivity index (χ1v) is 34.1. The number of nitro groups is 1. The molecule has 7 fully saturated rings. The van der Waals surface area contributed by atoms with Crippen molar-refractivity contribution in [1.29, 1.82) is 0 Å². The number of nitrogens with one attached hydrogen (secondary N) is 1. The third-order valence-corrected chi connectivity index (χ3v) is 22.0. The van der Waals surface area contributed by atoms with Gasteiger partial charge in [-0.3, -0.25) is 29.3 Å². The molecule has 2 bridgehead atoms. The summed E-state index contributed by atoms with van der Waals surface area (Å²) >= 11 is 0. The zero-order chi connectivity index (χ0) is 70.5. The number of esters is 3. The molecule has 540 valence electrons. The monoisotopic (exact) mass is 1370 g/mol. The number of allylic oxidation sites excluding steroid dienone is 3. The lowest BCUT2D eigenvalue weighted by Crippen LogP contribution is -2.65. The van der Waals surface area contributed by atoms with Gasteiger partial charge < -0.3 is 92.1 Å². The average molecular weight is 1370 g/mol. The Bertz CT molecular complexity index is 3100. The van der Waals surface area contributed by atoms with Crippen molar-refractivity contribution < 1.29 is 120 Å². The standard InChI is InChI=1S/C69H98N2O26/c1-31-14-18-48(91-56-28-67(11,71(82)83)62(38(8)89-56)70-66(81)84-13)32(2)23-44-46(76)24-41(29-72)27-69(44)64(79)57(65(80)97-69)63(78)68(12)43(31)16-15-42-58(68)33(3)22-34(4)59(42)96-55-26-50(61(90-40(10)74)51(94-55)30-85-39(9)73)93-52-21-19-49(36(6)87-52)92-54-25-47(77)60(37(7)88-54)95-53-20-17-45(75)35(5)86-53/h14-16,23-24,29,33-38,42-56,58-62,75-78H,17-22,25-28,30H2,1-13H3,(H,70,81)/b31-14+,32-23+,63-57?/t33-,34-,35-,36-,37-,38+,42-,43-,44+,45+,46-,47+,48-,49+,50+,51-,52-,53-,54+,55-,56-,58+,59-,60-,61+,62-,67-,68+,69-/m0/s1. The molecule has 10 aliphatic rings. The predicted molar refractivity (Wildman–Crippen MR) is 336 cm³/mol. The summed E-state index contributed by atoms with van der Waals surface area (Å²) in [6, 6.07) is -1.14. The van der Waals surface area contributed by atoms with Gasteiger partial charge in [-0.05, 0) is 102 Å². The summed E-state index contributed by atoms with van der Waals surface area (Å²) in [7, 11) is 1.14. The molecule has 1 spiro atoms. The fourth-order valence-electron chi connectivity index (χ4n) is 17.1. The van der Waals surface area contributed by atoms with Gasteiger partial charge in [0.05, 0.1) is 80.5 Å². The van der Waals surface area contributed by atoms with Crippen LogP contribution < -0.4 is 5.32 Å². The Morgan fingerprint density at radius 3 is 2.05 bits per heavy atom. The number of ketones is 1. The van der Waals surface area contributed by atoms with Crippen LogP contribution >= 0.6 is 0 Å². The molecular weight excluding hydrogens is 1270 g/mol. The van der Waals surface area contributed by atoms with E-state index in [0.717, 1.165) is 7.11 Å². The highest BCUT2D eigenvalue weighted by atomic mass is 16.8. The highest BCUT2D eigenvalue weighted by molar-refractivity contribution is 6.26. The molecule has 29 atom stereocenters. The fraction of sp³-hybridized carbons (Fsp3) is 0.768. The summed E-state index contributed by atoms with van der Waals surface area (Å²) in [5.74, 6) is -7.72. The lowest BCUT2D eigenvalue weighted by Gasteiger charge is -2.57. The van der Waals surface area contributed by atoms with Crippen molar-refractivity contribution >= 4 is 36.1 Å². The Morgan fingerprint density at radius 1 is 0.732 bits per heavy atom. The first-order valence-electron chi connectivity index (χ1n) is 34.1. The number of nitrogens with zero attached hydrogens (tertiary/aromatic N) is 1. The maximum atomic E-state index is 15.6. The van der Waals surface area contributed by atoms with Crippen LogP contribution in [0.15, 0.2) is 58.4 Å². The van der Waals surface area contributed by atoms with Crippen LogP contribution in [0.3, 0.4) is 0 Å². The molecule has 5 N–H and O–H groups in total. The van der Waals surface area contributed by atoms with Crippen molar-refractivity contribution in [3.05, 3.63) is 68.5 Å². The van der Waals surface area contributed by atoms with Gasteiger partial charge in [0.1, 0.15) is 48.6 Å². The van der Waals surface area contributed by atoms with E-state index in [9.17, 15) is 54.5 Å².